The highest BCUT2D eigenvalue weighted by atomic mass is 31.0. The van der Waals surface area contributed by atoms with Gasteiger partial charge in [0.05, 0.1) is 34.6 Å². The predicted octanol–water partition coefficient (Wildman–Crippen LogP) is 2.43. The second kappa shape index (κ2) is 19.5. The number of hydrogen-bond donors (Lipinski definition) is 0. The van der Waals surface area contributed by atoms with Crippen LogP contribution in [0.1, 0.15) is 79.1 Å². The normalized spacial score (nSPS) is 10.2. The monoisotopic (exact) mass is 305 g/mol. The first-order valence-corrected chi connectivity index (χ1v) is 8.09. The van der Waals surface area contributed by atoms with Gasteiger partial charge in [-0.15, -0.1) is 0 Å². The molecule has 0 amide bonds. The molecule has 0 aliphatic carbocycles. The van der Waals surface area contributed by atoms with Gasteiger partial charge >= 0.3 is 0 Å². The Labute approximate surface area is 137 Å². The van der Waals surface area contributed by atoms with E-state index in [4.69, 9.17) is 0 Å². The summed E-state index contributed by atoms with van der Waals surface area (Å²) in [5.41, 5.74) is 0. The summed E-state index contributed by atoms with van der Waals surface area (Å²) in [4.78, 5) is 0. The van der Waals surface area contributed by atoms with Crippen molar-refractivity contribution >= 4 is 26.7 Å². The summed E-state index contributed by atoms with van der Waals surface area (Å²) in [6.07, 6.45) is 11.1. The van der Waals surface area contributed by atoms with Gasteiger partial charge in [0.15, 0.2) is 0 Å². The van der Waals surface area contributed by atoms with Gasteiger partial charge in [-0.1, -0.05) is 61.8 Å². The number of unbranched alkanes of at least 4 members (excludes halogenated alkanes) is 4. The molecule has 0 aromatic rings. The van der Waals surface area contributed by atoms with Gasteiger partial charge in [-0.25, -0.2) is 0 Å². The van der Waals surface area contributed by atoms with Crippen molar-refractivity contribution < 1.29 is 4.48 Å². The highest BCUT2D eigenvalue weighted by molar-refractivity contribution is 6.92. The maximum Gasteiger partial charge on any atom is 0.0814 e. The molecule has 0 fully saturated rings. The molecule has 1 unspecified atom stereocenters. The molecule has 0 saturated heterocycles. The summed E-state index contributed by atoms with van der Waals surface area (Å²) in [6.45, 7) is 15.0. The fraction of sp³-hybridized carbons (Fsp3) is 1.00. The first kappa shape index (κ1) is 28.6. The summed E-state index contributed by atoms with van der Waals surface area (Å²) < 4.78 is 1.42. The third kappa shape index (κ3) is 13.5. The molecule has 0 aromatic heterocycles. The van der Waals surface area contributed by atoms with E-state index in [0.29, 0.717) is 0 Å². The Morgan fingerprint density at radius 3 is 0.900 bits per heavy atom. The number of nitrogens with zero attached hydrogens (tertiary/aromatic N) is 1. The number of quaternary nitrogens is 1. The van der Waals surface area contributed by atoms with Crippen LogP contribution in [0.15, 0.2) is 0 Å². The van der Waals surface area contributed by atoms with E-state index >= 15 is 0 Å². The van der Waals surface area contributed by atoms with Crippen LogP contribution in [0.5, 0.6) is 0 Å². The summed E-state index contributed by atoms with van der Waals surface area (Å²) in [5, 5.41) is 0. The average molecular weight is 305 g/mol. The maximum atomic E-state index is 2.33. The quantitative estimate of drug-likeness (QED) is 0.295. The van der Waals surface area contributed by atoms with Crippen molar-refractivity contribution in [2.45, 2.75) is 79.1 Å². The Bertz CT molecular complexity index is 131. The van der Waals surface area contributed by atoms with Gasteiger partial charge in [-0.3, -0.25) is 0 Å². The van der Waals surface area contributed by atoms with E-state index in [9.17, 15) is 0 Å². The first-order valence-electron chi connectivity index (χ1n) is 8.09. The maximum absolute atomic E-state index is 2.33. The molecule has 0 bridgehead atoms. The Hall–Kier alpha value is 0.520. The van der Waals surface area contributed by atoms with E-state index in [2.05, 4.69) is 27.7 Å². The summed E-state index contributed by atoms with van der Waals surface area (Å²) in [6, 6.07) is 0. The molecule has 0 aliphatic rings. The molecule has 0 rings (SSSR count). The first-order chi connectivity index (χ1) is 8.24. The van der Waals surface area contributed by atoms with Crippen LogP contribution in [0.3, 0.4) is 0 Å². The lowest BCUT2D eigenvalue weighted by atomic mass is 10.1. The molecule has 4 heteroatoms. The van der Waals surface area contributed by atoms with E-state index in [1.165, 1.54) is 82.0 Å². The standard InChI is InChI=1S/C16H36N.BH4.BH3.H3P/c1-5-9-13-17(14-10-6-2,15-11-7-3)16-12-8-4;;;/h5-16H2,1-4H3;1H4;2*1H3/q+1;-1;;. The smallest absolute Gasteiger partial charge is 0.0814 e. The fourth-order valence-corrected chi connectivity index (χ4v) is 2.64. The predicted molar refractivity (Wildman–Crippen MR) is 112 cm³/mol. The molecule has 0 radical (unpaired) electrons. The van der Waals surface area contributed by atoms with Crippen LogP contribution < -0.4 is 0 Å². The van der Waals surface area contributed by atoms with Crippen molar-refractivity contribution in [3.8, 4) is 0 Å². The van der Waals surface area contributed by atoms with E-state index in [0.717, 1.165) is 0 Å². The lowest BCUT2D eigenvalue weighted by molar-refractivity contribution is -0.929. The van der Waals surface area contributed by atoms with Gasteiger partial charge in [-0.2, -0.15) is 9.90 Å². The summed E-state index contributed by atoms with van der Waals surface area (Å²) >= 11 is 0. The fourth-order valence-electron chi connectivity index (χ4n) is 2.64. The van der Waals surface area contributed by atoms with Crippen molar-refractivity contribution in [2.75, 3.05) is 26.2 Å². The minimum absolute atomic E-state index is 0. The molecule has 0 saturated carbocycles. The highest BCUT2D eigenvalue weighted by Crippen LogP contribution is 2.16. The molecule has 1 nitrogen and oxygen atoms in total. The van der Waals surface area contributed by atoms with E-state index in [-0.39, 0.29) is 26.7 Å². The van der Waals surface area contributed by atoms with Gasteiger partial charge in [0.25, 0.3) is 0 Å². The summed E-state index contributed by atoms with van der Waals surface area (Å²) in [5.74, 6) is 0. The van der Waals surface area contributed by atoms with E-state index < -0.39 is 0 Å². The second-order valence-electron chi connectivity index (χ2n) is 5.65. The molecule has 0 spiro atoms. The summed E-state index contributed by atoms with van der Waals surface area (Å²) in [7, 11) is 0. The third-order valence-electron chi connectivity index (χ3n) is 3.94. The van der Waals surface area contributed by atoms with Gasteiger partial charge < -0.3 is 4.48 Å². The zero-order valence-electron chi connectivity index (χ0n) is 13.6. The van der Waals surface area contributed by atoms with Crippen LogP contribution >= 0.6 is 9.90 Å². The number of hydrogen-bond acceptors (Lipinski definition) is 0. The average Bonchev–Trinajstić information content (AvgIpc) is 2.37. The Morgan fingerprint density at radius 2 is 0.750 bits per heavy atom. The van der Waals surface area contributed by atoms with Gasteiger partial charge in [0, 0.05) is 0 Å². The lowest BCUT2D eigenvalue weighted by Crippen LogP contribution is -2.50. The van der Waals surface area contributed by atoms with Gasteiger partial charge in [-0.05, 0) is 25.7 Å². The molecule has 20 heavy (non-hydrogen) atoms. The van der Waals surface area contributed by atoms with Gasteiger partial charge in [0.2, 0.25) is 0 Å². The minimum atomic E-state index is 0. The third-order valence-corrected chi connectivity index (χ3v) is 3.94. The van der Waals surface area contributed by atoms with Crippen molar-refractivity contribution in [2.24, 2.45) is 0 Å². The lowest BCUT2D eigenvalue weighted by Gasteiger charge is -2.39. The molecule has 0 N–H and O–H groups in total. The molecule has 126 valence electrons. The number of rotatable bonds is 12. The Kier molecular flexibility index (Phi) is 28.0. The zero-order valence-corrected chi connectivity index (χ0v) is 15.1. The van der Waals surface area contributed by atoms with E-state index in [1.54, 1.807) is 0 Å². The minimum Gasteiger partial charge on any atom is -0.324 e. The van der Waals surface area contributed by atoms with Crippen LogP contribution in [0.2, 0.25) is 0 Å². The molecule has 0 aliphatic heterocycles. The Morgan fingerprint density at radius 1 is 0.550 bits per heavy atom. The van der Waals surface area contributed by atoms with Crippen molar-refractivity contribution in [3.63, 3.8) is 0 Å². The Balaban J connectivity index is -0.000000427. The van der Waals surface area contributed by atoms with E-state index in [1.807, 2.05) is 0 Å². The van der Waals surface area contributed by atoms with Crippen LogP contribution in [-0.4, -0.2) is 47.5 Å². The molecular formula is C16H46B2NP. The highest BCUT2D eigenvalue weighted by Gasteiger charge is 2.24. The largest absolute Gasteiger partial charge is 0.324 e. The van der Waals surface area contributed by atoms with Crippen molar-refractivity contribution in [1.82, 2.24) is 0 Å². The molecule has 0 heterocycles. The second-order valence-corrected chi connectivity index (χ2v) is 5.65. The SMILES string of the molecule is B.CCCC[N+](CCCC)(CCCC)CCCC.P.[BH4-]. The van der Waals surface area contributed by atoms with Crippen LogP contribution in [-0.2, 0) is 0 Å². The molecule has 0 aromatic carbocycles. The van der Waals surface area contributed by atoms with Crippen molar-refractivity contribution in [3.05, 3.63) is 0 Å². The van der Waals surface area contributed by atoms with Crippen molar-refractivity contribution in [1.29, 1.82) is 0 Å². The van der Waals surface area contributed by atoms with Crippen LogP contribution in [0, 0.1) is 0 Å². The molecule has 1 atom stereocenters. The van der Waals surface area contributed by atoms with Crippen LogP contribution in [0.25, 0.3) is 0 Å². The topological polar surface area (TPSA) is 0 Å². The molecular weight excluding hydrogens is 259 g/mol. The zero-order chi connectivity index (χ0) is 13.0. The van der Waals surface area contributed by atoms with Gasteiger partial charge in [0.1, 0.15) is 0 Å². The van der Waals surface area contributed by atoms with Crippen LogP contribution in [0.4, 0.5) is 0 Å².